The summed E-state index contributed by atoms with van der Waals surface area (Å²) < 4.78 is 62.6. The molecule has 0 bridgehead atoms. The third-order valence-electron chi connectivity index (χ3n) is 5.57. The van der Waals surface area contributed by atoms with Gasteiger partial charge >= 0.3 is 15.5 Å². The van der Waals surface area contributed by atoms with Crippen LogP contribution in [0.4, 0.5) is 30.4 Å². The van der Waals surface area contributed by atoms with Crippen LogP contribution in [0.1, 0.15) is 24.2 Å². The maximum Gasteiger partial charge on any atom is 0.516 e. The first-order chi connectivity index (χ1) is 16.5. The molecule has 0 unspecified atom stereocenters. The number of alkyl halides is 3. The number of pyridine rings is 1. The van der Waals surface area contributed by atoms with Crippen LogP contribution in [-0.2, 0) is 10.0 Å². The van der Waals surface area contributed by atoms with Gasteiger partial charge in [0.25, 0.3) is 5.91 Å². The summed E-state index contributed by atoms with van der Waals surface area (Å²) in [6, 6.07) is 7.88. The number of benzene rings is 1. The van der Waals surface area contributed by atoms with Crippen LogP contribution < -0.4 is 14.9 Å². The molecule has 1 fully saturated rings. The molecule has 3 heterocycles. The summed E-state index contributed by atoms with van der Waals surface area (Å²) in [7, 11) is -5.57. The van der Waals surface area contributed by atoms with E-state index >= 15 is 0 Å². The van der Waals surface area contributed by atoms with Gasteiger partial charge in [0, 0.05) is 61.2 Å². The Kier molecular flexibility index (Phi) is 6.54. The number of carbonyl (C=O) groups excluding carboxylic acids is 1. The molecule has 188 valence electrons. The molecule has 2 aromatic heterocycles. The molecule has 0 aliphatic carbocycles. The van der Waals surface area contributed by atoms with Crippen molar-refractivity contribution in [3.63, 3.8) is 0 Å². The fraction of sp³-hybridized carbons (Fsp3) is 0.364. The summed E-state index contributed by atoms with van der Waals surface area (Å²) >= 11 is 0. The SMILES string of the molecule is CC(C)Nc1cccnc1N1CCN(C(=O)c2c[nH]c3ccc(NS(=O)(=O)C(F)(F)F)cc23)CC1. The second-order valence-corrected chi connectivity index (χ2v) is 10.1. The van der Waals surface area contributed by atoms with Crippen molar-refractivity contribution in [1.29, 1.82) is 0 Å². The molecule has 1 aliphatic rings. The van der Waals surface area contributed by atoms with Crippen molar-refractivity contribution < 1.29 is 26.4 Å². The molecule has 9 nitrogen and oxygen atoms in total. The molecule has 1 aliphatic heterocycles. The predicted molar refractivity (Wildman–Crippen MR) is 128 cm³/mol. The molecular weight excluding hydrogens is 485 g/mol. The largest absolute Gasteiger partial charge is 0.516 e. The van der Waals surface area contributed by atoms with Gasteiger partial charge in [0.1, 0.15) is 0 Å². The molecule has 0 radical (unpaired) electrons. The van der Waals surface area contributed by atoms with Crippen LogP contribution in [0.3, 0.4) is 0 Å². The third kappa shape index (κ3) is 5.14. The van der Waals surface area contributed by atoms with E-state index in [2.05, 4.69) is 20.2 Å². The number of anilines is 3. The van der Waals surface area contributed by atoms with E-state index in [1.807, 2.05) is 26.0 Å². The number of aromatic nitrogens is 2. The highest BCUT2D eigenvalue weighted by Crippen LogP contribution is 2.29. The number of fused-ring (bicyclic) bond motifs is 1. The van der Waals surface area contributed by atoms with Gasteiger partial charge in [-0.25, -0.2) is 4.98 Å². The Morgan fingerprint density at radius 2 is 1.86 bits per heavy atom. The van der Waals surface area contributed by atoms with Crippen LogP contribution in [-0.4, -0.2) is 66.9 Å². The van der Waals surface area contributed by atoms with Gasteiger partial charge in [0.2, 0.25) is 0 Å². The van der Waals surface area contributed by atoms with E-state index in [9.17, 15) is 26.4 Å². The zero-order valence-electron chi connectivity index (χ0n) is 19.1. The van der Waals surface area contributed by atoms with Gasteiger partial charge in [-0.3, -0.25) is 9.52 Å². The predicted octanol–water partition coefficient (Wildman–Crippen LogP) is 3.61. The first-order valence-corrected chi connectivity index (χ1v) is 12.4. The number of carbonyl (C=O) groups is 1. The number of nitrogens with one attached hydrogen (secondary N) is 3. The third-order valence-corrected chi connectivity index (χ3v) is 6.68. The second-order valence-electron chi connectivity index (χ2n) is 8.47. The number of halogens is 3. The normalized spacial score (nSPS) is 15.0. The van der Waals surface area contributed by atoms with Gasteiger partial charge in [0.15, 0.2) is 5.82 Å². The summed E-state index contributed by atoms with van der Waals surface area (Å²) in [5.74, 6) is 0.510. The maximum absolute atomic E-state index is 13.2. The van der Waals surface area contributed by atoms with Crippen molar-refractivity contribution >= 4 is 44.0 Å². The zero-order chi connectivity index (χ0) is 25.4. The van der Waals surface area contributed by atoms with E-state index < -0.39 is 15.5 Å². The van der Waals surface area contributed by atoms with Gasteiger partial charge in [-0.1, -0.05) is 0 Å². The molecular formula is C22H25F3N6O3S. The Hall–Kier alpha value is -3.48. The van der Waals surface area contributed by atoms with Gasteiger partial charge in [-0.15, -0.1) is 0 Å². The topological polar surface area (TPSA) is 110 Å². The Balaban J connectivity index is 1.50. The van der Waals surface area contributed by atoms with Crippen LogP contribution in [0, 0.1) is 0 Å². The van der Waals surface area contributed by atoms with Crippen molar-refractivity contribution in [2.24, 2.45) is 0 Å². The first-order valence-electron chi connectivity index (χ1n) is 10.9. The van der Waals surface area contributed by atoms with E-state index in [-0.39, 0.29) is 23.2 Å². The lowest BCUT2D eigenvalue weighted by atomic mass is 10.1. The highest BCUT2D eigenvalue weighted by Gasteiger charge is 2.46. The summed E-state index contributed by atoms with van der Waals surface area (Å²) in [6.07, 6.45) is 3.19. The van der Waals surface area contributed by atoms with Crippen molar-refractivity contribution in [1.82, 2.24) is 14.9 Å². The lowest BCUT2D eigenvalue weighted by Gasteiger charge is -2.36. The summed E-state index contributed by atoms with van der Waals surface area (Å²) in [6.45, 7) is 6.01. The van der Waals surface area contributed by atoms with Crippen molar-refractivity contribution in [2.75, 3.05) is 41.1 Å². The molecule has 0 atom stereocenters. The average Bonchev–Trinajstić information content (AvgIpc) is 3.21. The Morgan fingerprint density at radius 1 is 1.14 bits per heavy atom. The lowest BCUT2D eigenvalue weighted by Crippen LogP contribution is -2.49. The van der Waals surface area contributed by atoms with Gasteiger partial charge in [-0.05, 0) is 44.2 Å². The molecule has 13 heteroatoms. The molecule has 1 saturated heterocycles. The quantitative estimate of drug-likeness (QED) is 0.467. The zero-order valence-corrected chi connectivity index (χ0v) is 19.9. The molecule has 35 heavy (non-hydrogen) atoms. The smallest absolute Gasteiger partial charge is 0.380 e. The monoisotopic (exact) mass is 510 g/mol. The molecule has 3 aromatic rings. The lowest BCUT2D eigenvalue weighted by molar-refractivity contribution is -0.0429. The van der Waals surface area contributed by atoms with Gasteiger partial charge in [0.05, 0.1) is 11.3 Å². The van der Waals surface area contributed by atoms with E-state index in [0.717, 1.165) is 11.5 Å². The summed E-state index contributed by atoms with van der Waals surface area (Å²) in [5, 5.41) is 3.70. The highest BCUT2D eigenvalue weighted by molar-refractivity contribution is 7.93. The number of sulfonamides is 1. The van der Waals surface area contributed by atoms with Crippen molar-refractivity contribution in [3.05, 3.63) is 48.3 Å². The van der Waals surface area contributed by atoms with Crippen molar-refractivity contribution in [3.8, 4) is 0 Å². The molecule has 1 aromatic carbocycles. The summed E-state index contributed by atoms with van der Waals surface area (Å²) in [5.41, 5.74) is -4.07. The highest BCUT2D eigenvalue weighted by atomic mass is 32.2. The number of aromatic amines is 1. The standard InChI is InChI=1S/C22H25F3N6O3S/c1-14(2)28-19-4-3-7-26-20(19)30-8-10-31(11-9-30)21(32)17-13-27-18-6-5-15(12-16(17)18)29-35(33,34)22(23,24)25/h3-7,12-14,27-29H,8-11H2,1-2H3. The van der Waals surface area contributed by atoms with Crippen LogP contribution in [0.5, 0.6) is 0 Å². The van der Waals surface area contributed by atoms with E-state index in [0.29, 0.717) is 37.1 Å². The number of piperazine rings is 1. The average molecular weight is 511 g/mol. The van der Waals surface area contributed by atoms with Gasteiger partial charge in [-0.2, -0.15) is 21.6 Å². The van der Waals surface area contributed by atoms with Crippen LogP contribution in [0.15, 0.2) is 42.7 Å². The molecule has 3 N–H and O–H groups in total. The fourth-order valence-corrected chi connectivity index (χ4v) is 4.49. The van der Waals surface area contributed by atoms with Crippen LogP contribution in [0.2, 0.25) is 0 Å². The number of amides is 1. The Labute approximate surface area is 200 Å². The van der Waals surface area contributed by atoms with Crippen molar-refractivity contribution in [2.45, 2.75) is 25.4 Å². The van der Waals surface area contributed by atoms with E-state index in [4.69, 9.17) is 0 Å². The Morgan fingerprint density at radius 3 is 2.51 bits per heavy atom. The minimum absolute atomic E-state index is 0.230. The minimum atomic E-state index is -5.57. The van der Waals surface area contributed by atoms with Crippen LogP contribution >= 0.6 is 0 Å². The number of hydrogen-bond acceptors (Lipinski definition) is 6. The summed E-state index contributed by atoms with van der Waals surface area (Å²) in [4.78, 5) is 24.4. The maximum atomic E-state index is 13.2. The second kappa shape index (κ2) is 9.29. The first kappa shape index (κ1) is 24.6. The number of rotatable bonds is 6. The molecule has 0 saturated carbocycles. The molecule has 1 amide bonds. The number of H-pyrrole nitrogens is 1. The number of hydrogen-bond donors (Lipinski definition) is 3. The molecule has 4 rings (SSSR count). The number of nitrogens with zero attached hydrogens (tertiary/aromatic N) is 3. The molecule has 0 spiro atoms. The fourth-order valence-electron chi connectivity index (χ4n) is 3.94. The van der Waals surface area contributed by atoms with E-state index in [1.54, 1.807) is 11.1 Å². The minimum Gasteiger partial charge on any atom is -0.380 e. The van der Waals surface area contributed by atoms with Crippen LogP contribution in [0.25, 0.3) is 10.9 Å². The van der Waals surface area contributed by atoms with E-state index in [1.165, 1.54) is 29.1 Å². The van der Waals surface area contributed by atoms with Gasteiger partial charge < -0.3 is 20.1 Å². The Bertz CT molecular complexity index is 1330.